The number of carboxylic acid groups (broad SMARTS) is 1. The average Bonchev–Trinajstić information content (AvgIpc) is 2.82. The summed E-state index contributed by atoms with van der Waals surface area (Å²) < 4.78 is 15.5. The van der Waals surface area contributed by atoms with Crippen molar-refractivity contribution in [1.29, 1.82) is 0 Å². The Morgan fingerprint density at radius 3 is 2.90 bits per heavy atom. The molecule has 3 rings (SSSR count). The molecular weight excluding hydrogens is 259 g/mol. The normalized spacial score (nSPS) is 14.1. The summed E-state index contributed by atoms with van der Waals surface area (Å²) in [6.45, 7) is 0.459. The first-order valence-electron chi connectivity index (χ1n) is 6.69. The van der Waals surface area contributed by atoms with E-state index >= 15 is 0 Å². The van der Waals surface area contributed by atoms with Gasteiger partial charge < -0.3 is 9.67 Å². The Balaban J connectivity index is 1.91. The van der Waals surface area contributed by atoms with Crippen LogP contribution in [0.15, 0.2) is 24.5 Å². The topological polar surface area (TPSA) is 55.1 Å². The van der Waals surface area contributed by atoms with E-state index < -0.39 is 11.8 Å². The van der Waals surface area contributed by atoms with E-state index in [4.69, 9.17) is 5.11 Å². The number of carbonyl (C=O) groups is 1. The molecule has 0 atom stereocenters. The number of aromatic nitrogens is 2. The predicted octanol–water partition coefficient (Wildman–Crippen LogP) is 2.65. The highest BCUT2D eigenvalue weighted by Crippen LogP contribution is 2.21. The van der Waals surface area contributed by atoms with Gasteiger partial charge in [-0.15, -0.1) is 0 Å². The maximum absolute atomic E-state index is 13.5. The number of nitrogens with zero attached hydrogens (tertiary/aromatic N) is 2. The van der Waals surface area contributed by atoms with Crippen LogP contribution in [0.4, 0.5) is 4.39 Å². The van der Waals surface area contributed by atoms with Crippen LogP contribution in [0.1, 0.15) is 40.2 Å². The Hall–Kier alpha value is -2.17. The molecule has 1 aromatic heterocycles. The zero-order chi connectivity index (χ0) is 14.1. The molecule has 5 heteroatoms. The standard InChI is InChI=1S/C15H15FN2O2/c16-12-6-10(5-11(7-12)15(19)20)8-18-9-17-13-3-1-2-4-14(13)18/h5-7,9H,1-4,8H2,(H,19,20). The number of hydrogen-bond acceptors (Lipinski definition) is 2. The molecule has 2 aromatic rings. The lowest BCUT2D eigenvalue weighted by molar-refractivity contribution is 0.0696. The van der Waals surface area contributed by atoms with Crippen LogP contribution in [0.5, 0.6) is 0 Å². The highest BCUT2D eigenvalue weighted by molar-refractivity contribution is 5.87. The van der Waals surface area contributed by atoms with Crippen molar-refractivity contribution in [3.63, 3.8) is 0 Å². The summed E-state index contributed by atoms with van der Waals surface area (Å²) in [6, 6.07) is 3.93. The Labute approximate surface area is 115 Å². The van der Waals surface area contributed by atoms with E-state index in [2.05, 4.69) is 4.98 Å². The van der Waals surface area contributed by atoms with Gasteiger partial charge in [0.1, 0.15) is 5.82 Å². The fourth-order valence-corrected chi connectivity index (χ4v) is 2.73. The minimum absolute atomic E-state index is 0.0195. The number of fused-ring (bicyclic) bond motifs is 1. The van der Waals surface area contributed by atoms with E-state index in [-0.39, 0.29) is 5.56 Å². The summed E-state index contributed by atoms with van der Waals surface area (Å²) in [5.74, 6) is -1.63. The Kier molecular flexibility index (Phi) is 3.26. The second kappa shape index (κ2) is 5.07. The van der Waals surface area contributed by atoms with Crippen molar-refractivity contribution in [3.05, 3.63) is 52.9 Å². The summed E-state index contributed by atoms with van der Waals surface area (Å²) in [7, 11) is 0. The molecule has 20 heavy (non-hydrogen) atoms. The second-order valence-corrected chi connectivity index (χ2v) is 5.13. The number of hydrogen-bond donors (Lipinski definition) is 1. The van der Waals surface area contributed by atoms with Crippen molar-refractivity contribution in [2.75, 3.05) is 0 Å². The number of halogens is 1. The van der Waals surface area contributed by atoms with Gasteiger partial charge in [0.25, 0.3) is 0 Å². The van der Waals surface area contributed by atoms with Gasteiger partial charge in [0, 0.05) is 12.2 Å². The number of rotatable bonds is 3. The highest BCUT2D eigenvalue weighted by atomic mass is 19.1. The van der Waals surface area contributed by atoms with Crippen LogP contribution in [-0.2, 0) is 19.4 Å². The molecule has 1 aromatic carbocycles. The first-order valence-corrected chi connectivity index (χ1v) is 6.69. The van der Waals surface area contributed by atoms with Gasteiger partial charge in [0.05, 0.1) is 17.6 Å². The van der Waals surface area contributed by atoms with Gasteiger partial charge in [0.15, 0.2) is 0 Å². The van der Waals surface area contributed by atoms with Crippen molar-refractivity contribution in [2.45, 2.75) is 32.2 Å². The first-order chi connectivity index (χ1) is 9.63. The van der Waals surface area contributed by atoms with Gasteiger partial charge >= 0.3 is 5.97 Å². The van der Waals surface area contributed by atoms with E-state index in [0.29, 0.717) is 12.1 Å². The van der Waals surface area contributed by atoms with Crippen molar-refractivity contribution in [1.82, 2.24) is 9.55 Å². The highest BCUT2D eigenvalue weighted by Gasteiger charge is 2.16. The smallest absolute Gasteiger partial charge is 0.335 e. The van der Waals surface area contributed by atoms with E-state index in [1.165, 1.54) is 17.8 Å². The summed E-state index contributed by atoms with van der Waals surface area (Å²) >= 11 is 0. The van der Waals surface area contributed by atoms with Crippen molar-refractivity contribution in [2.24, 2.45) is 0 Å². The number of benzene rings is 1. The molecule has 0 spiro atoms. The number of imidazole rings is 1. The molecule has 4 nitrogen and oxygen atoms in total. The molecule has 0 saturated carbocycles. The molecule has 0 unspecified atom stereocenters. The molecule has 0 bridgehead atoms. The molecule has 0 saturated heterocycles. The molecule has 1 aliphatic rings. The van der Waals surface area contributed by atoms with Crippen LogP contribution >= 0.6 is 0 Å². The largest absolute Gasteiger partial charge is 0.478 e. The van der Waals surface area contributed by atoms with E-state index in [1.54, 1.807) is 6.33 Å². The van der Waals surface area contributed by atoms with Crippen molar-refractivity contribution < 1.29 is 14.3 Å². The van der Waals surface area contributed by atoms with Gasteiger partial charge in [-0.2, -0.15) is 0 Å². The van der Waals surface area contributed by atoms with Crippen LogP contribution in [0.3, 0.4) is 0 Å². The molecule has 0 aliphatic heterocycles. The lowest BCUT2D eigenvalue weighted by Gasteiger charge is -2.14. The summed E-state index contributed by atoms with van der Waals surface area (Å²) in [5.41, 5.74) is 2.94. The maximum Gasteiger partial charge on any atom is 0.335 e. The molecule has 1 aliphatic carbocycles. The van der Waals surface area contributed by atoms with Crippen molar-refractivity contribution in [3.8, 4) is 0 Å². The molecule has 0 radical (unpaired) electrons. The fourth-order valence-electron chi connectivity index (χ4n) is 2.73. The minimum Gasteiger partial charge on any atom is -0.478 e. The number of aromatic carboxylic acids is 1. The van der Waals surface area contributed by atoms with Gasteiger partial charge in [-0.05, 0) is 49.4 Å². The quantitative estimate of drug-likeness (QED) is 0.936. The Morgan fingerprint density at radius 1 is 1.30 bits per heavy atom. The fraction of sp³-hybridized carbons (Fsp3) is 0.333. The number of aryl methyl sites for hydroxylation is 1. The molecule has 1 N–H and O–H groups in total. The van der Waals surface area contributed by atoms with Crippen LogP contribution in [-0.4, -0.2) is 20.6 Å². The molecule has 0 fully saturated rings. The van der Waals surface area contributed by atoms with Gasteiger partial charge in [0.2, 0.25) is 0 Å². The zero-order valence-corrected chi connectivity index (χ0v) is 11.0. The Bertz CT molecular complexity index is 664. The molecular formula is C15H15FN2O2. The van der Waals surface area contributed by atoms with Gasteiger partial charge in [-0.3, -0.25) is 0 Å². The van der Waals surface area contributed by atoms with E-state index in [9.17, 15) is 9.18 Å². The van der Waals surface area contributed by atoms with Crippen LogP contribution in [0.25, 0.3) is 0 Å². The monoisotopic (exact) mass is 274 g/mol. The van der Waals surface area contributed by atoms with E-state index in [1.807, 2.05) is 4.57 Å². The summed E-state index contributed by atoms with van der Waals surface area (Å²) in [5, 5.41) is 8.97. The summed E-state index contributed by atoms with van der Waals surface area (Å²) in [4.78, 5) is 15.3. The summed E-state index contributed by atoms with van der Waals surface area (Å²) in [6.07, 6.45) is 6.04. The number of carboxylic acids is 1. The molecule has 104 valence electrons. The van der Waals surface area contributed by atoms with Crippen LogP contribution in [0, 0.1) is 5.82 Å². The Morgan fingerprint density at radius 2 is 2.10 bits per heavy atom. The lowest BCUT2D eigenvalue weighted by atomic mass is 10.0. The van der Waals surface area contributed by atoms with Gasteiger partial charge in [-0.1, -0.05) is 0 Å². The van der Waals surface area contributed by atoms with Crippen LogP contribution in [0.2, 0.25) is 0 Å². The first kappa shape index (κ1) is 12.8. The van der Waals surface area contributed by atoms with Crippen molar-refractivity contribution >= 4 is 5.97 Å². The molecule has 0 amide bonds. The average molecular weight is 274 g/mol. The lowest BCUT2D eigenvalue weighted by Crippen LogP contribution is -2.09. The maximum atomic E-state index is 13.5. The van der Waals surface area contributed by atoms with E-state index in [0.717, 1.165) is 37.4 Å². The van der Waals surface area contributed by atoms with Gasteiger partial charge in [-0.25, -0.2) is 14.2 Å². The second-order valence-electron chi connectivity index (χ2n) is 5.13. The third kappa shape index (κ3) is 2.43. The predicted molar refractivity (Wildman–Crippen MR) is 71.3 cm³/mol. The van der Waals surface area contributed by atoms with Crippen LogP contribution < -0.4 is 0 Å². The minimum atomic E-state index is -1.11. The third-order valence-electron chi connectivity index (χ3n) is 3.67. The third-order valence-corrected chi connectivity index (χ3v) is 3.67. The SMILES string of the molecule is O=C(O)c1cc(F)cc(Cn2cnc3c2CCCC3)c1. The zero-order valence-electron chi connectivity index (χ0n) is 11.0. The molecule has 1 heterocycles.